The van der Waals surface area contributed by atoms with Gasteiger partial charge in [-0.15, -0.1) is 0 Å². The van der Waals surface area contributed by atoms with E-state index in [2.05, 4.69) is 0 Å². The average Bonchev–Trinajstić information content (AvgIpc) is 3.24. The minimum atomic E-state index is -4.84. The van der Waals surface area contributed by atoms with Gasteiger partial charge in [-0.3, -0.25) is 24.1 Å². The summed E-state index contributed by atoms with van der Waals surface area (Å²) < 4.78 is 44.0. The highest BCUT2D eigenvalue weighted by Crippen LogP contribution is 2.34. The number of piperazine rings is 1. The molecule has 8 nitrogen and oxygen atoms in total. The Labute approximate surface area is 223 Å². The molecule has 1 aliphatic carbocycles. The van der Waals surface area contributed by atoms with Crippen molar-refractivity contribution in [3.05, 3.63) is 64.7 Å². The number of hydrogen-bond acceptors (Lipinski definition) is 6. The fourth-order valence-electron chi connectivity index (χ4n) is 5.35. The van der Waals surface area contributed by atoms with E-state index in [9.17, 15) is 32.3 Å². The summed E-state index contributed by atoms with van der Waals surface area (Å²) in [5, 5.41) is 0. The lowest BCUT2D eigenvalue weighted by atomic mass is 9.92. The third kappa shape index (κ3) is 5.83. The van der Waals surface area contributed by atoms with Crippen molar-refractivity contribution < 1.29 is 37.1 Å². The Morgan fingerprint density at radius 2 is 1.64 bits per heavy atom. The molecule has 2 amide bonds. The molecule has 2 aromatic carbocycles. The number of ether oxygens (including phenoxy) is 1. The number of halogens is 3. The smallest absolute Gasteiger partial charge is 0.471 e. The topological polar surface area (TPSA) is 87.2 Å². The first kappa shape index (κ1) is 26.9. The predicted octanol–water partition coefficient (Wildman–Crippen LogP) is 3.12. The van der Waals surface area contributed by atoms with Gasteiger partial charge in [-0.25, -0.2) is 0 Å². The summed E-state index contributed by atoms with van der Waals surface area (Å²) >= 11 is 0. The van der Waals surface area contributed by atoms with E-state index in [0.29, 0.717) is 43.8 Å². The van der Waals surface area contributed by atoms with Gasteiger partial charge in [0.2, 0.25) is 0 Å². The van der Waals surface area contributed by atoms with Crippen LogP contribution in [0.5, 0.6) is 5.75 Å². The minimum absolute atomic E-state index is 0.0403. The molecule has 2 heterocycles. The molecule has 0 spiro atoms. The van der Waals surface area contributed by atoms with E-state index in [1.807, 2.05) is 29.2 Å². The fourth-order valence-corrected chi connectivity index (χ4v) is 5.35. The van der Waals surface area contributed by atoms with Crippen molar-refractivity contribution in [2.45, 2.75) is 51.2 Å². The van der Waals surface area contributed by atoms with Crippen LogP contribution in [0.1, 0.15) is 46.3 Å². The van der Waals surface area contributed by atoms with Crippen molar-refractivity contribution in [2.75, 3.05) is 26.2 Å². The third-order valence-electron chi connectivity index (χ3n) is 7.49. The lowest BCUT2D eigenvalue weighted by Gasteiger charge is -2.35. The van der Waals surface area contributed by atoms with Gasteiger partial charge < -0.3 is 14.5 Å². The summed E-state index contributed by atoms with van der Waals surface area (Å²) in [5.74, 6) is -1.75. The zero-order valence-electron chi connectivity index (χ0n) is 21.2. The van der Waals surface area contributed by atoms with Crippen molar-refractivity contribution in [1.29, 1.82) is 0 Å². The van der Waals surface area contributed by atoms with Crippen LogP contribution in [0.15, 0.2) is 42.5 Å². The van der Waals surface area contributed by atoms with E-state index in [1.165, 1.54) is 0 Å². The Hall–Kier alpha value is -3.73. The Morgan fingerprint density at radius 1 is 0.949 bits per heavy atom. The van der Waals surface area contributed by atoms with Crippen molar-refractivity contribution >= 4 is 23.4 Å². The normalized spacial score (nSPS) is 20.4. The van der Waals surface area contributed by atoms with Crippen LogP contribution in [-0.4, -0.2) is 76.5 Å². The van der Waals surface area contributed by atoms with Gasteiger partial charge in [0.1, 0.15) is 18.1 Å². The second-order valence-corrected chi connectivity index (χ2v) is 10.1. The van der Waals surface area contributed by atoms with Crippen LogP contribution in [0.2, 0.25) is 0 Å². The second-order valence-electron chi connectivity index (χ2n) is 10.1. The first-order valence-corrected chi connectivity index (χ1v) is 12.9. The number of carbonyl (C=O) groups excluding carboxylic acids is 4. The lowest BCUT2D eigenvalue weighted by Crippen LogP contribution is -2.52. The van der Waals surface area contributed by atoms with E-state index in [0.717, 1.165) is 21.6 Å². The molecule has 0 aromatic heterocycles. The van der Waals surface area contributed by atoms with Crippen molar-refractivity contribution in [2.24, 2.45) is 0 Å². The molecule has 0 N–H and O–H groups in total. The molecule has 1 atom stereocenters. The first-order chi connectivity index (χ1) is 18.6. The lowest BCUT2D eigenvalue weighted by molar-refractivity contribution is -0.187. The largest absolute Gasteiger partial charge is 0.489 e. The number of Topliss-reactive ketones (excluding diaryl/α,β-unsaturated/α-hetero) is 2. The summed E-state index contributed by atoms with van der Waals surface area (Å²) in [4.78, 5) is 52.8. The summed E-state index contributed by atoms with van der Waals surface area (Å²) in [6, 6.07) is 12.4. The van der Waals surface area contributed by atoms with Crippen LogP contribution in [-0.2, 0) is 34.1 Å². The van der Waals surface area contributed by atoms with E-state index in [-0.39, 0.29) is 50.1 Å². The first-order valence-electron chi connectivity index (χ1n) is 12.9. The fraction of sp³-hybridized carbons (Fsp3) is 0.429. The van der Waals surface area contributed by atoms with Crippen molar-refractivity contribution in [1.82, 2.24) is 14.7 Å². The molecular weight excluding hydrogens is 515 g/mol. The van der Waals surface area contributed by atoms with Crippen LogP contribution in [0.25, 0.3) is 0 Å². The number of nitrogens with zero attached hydrogens (tertiary/aromatic N) is 3. The maximum absolute atomic E-state index is 13.0. The van der Waals surface area contributed by atoms with Crippen molar-refractivity contribution in [3.63, 3.8) is 0 Å². The van der Waals surface area contributed by atoms with Gasteiger partial charge in [-0.2, -0.15) is 13.2 Å². The molecule has 2 fully saturated rings. The molecular formula is C28H28F3N3O5. The molecule has 5 rings (SSSR count). The highest BCUT2D eigenvalue weighted by molar-refractivity contribution is 6.07. The average molecular weight is 544 g/mol. The molecule has 1 saturated heterocycles. The molecule has 1 saturated carbocycles. The molecule has 0 bridgehead atoms. The maximum Gasteiger partial charge on any atom is 0.471 e. The molecule has 206 valence electrons. The zero-order valence-corrected chi connectivity index (χ0v) is 21.2. The number of hydrogen-bond donors (Lipinski definition) is 0. The van der Waals surface area contributed by atoms with E-state index < -0.39 is 18.1 Å². The molecule has 3 aliphatic rings. The highest BCUT2D eigenvalue weighted by Gasteiger charge is 2.43. The predicted molar refractivity (Wildman–Crippen MR) is 133 cm³/mol. The monoisotopic (exact) mass is 543 g/mol. The van der Waals surface area contributed by atoms with Gasteiger partial charge in [0, 0.05) is 50.3 Å². The van der Waals surface area contributed by atoms with Crippen LogP contribution in [0.3, 0.4) is 0 Å². The third-order valence-corrected chi connectivity index (χ3v) is 7.49. The number of fused-ring (bicyclic) bond motifs is 1. The molecule has 0 radical (unpaired) electrons. The van der Waals surface area contributed by atoms with Gasteiger partial charge in [0.05, 0.1) is 19.0 Å². The summed E-state index contributed by atoms with van der Waals surface area (Å²) in [6.45, 7) is 1.90. The highest BCUT2D eigenvalue weighted by atomic mass is 19.4. The molecule has 2 aliphatic heterocycles. The van der Waals surface area contributed by atoms with E-state index >= 15 is 0 Å². The van der Waals surface area contributed by atoms with E-state index in [4.69, 9.17) is 4.74 Å². The Balaban J connectivity index is 1.15. The van der Waals surface area contributed by atoms with Gasteiger partial charge in [0.25, 0.3) is 5.91 Å². The number of rotatable bonds is 6. The standard InChI is InChI=1S/C28H28F3N3O5/c29-28(30,31)27(38)33-12-10-32(11-13-33)15-18-4-6-19(7-5-18)17-39-25-3-1-2-21-22(25)16-34(26(21)37)23-9-8-20(35)14-24(23)36/h1-7,23H,8-17H2. The summed E-state index contributed by atoms with van der Waals surface area (Å²) in [6.07, 6.45) is -4.33. The Bertz CT molecular complexity index is 1290. The second kappa shape index (κ2) is 10.8. The van der Waals surface area contributed by atoms with Crippen LogP contribution < -0.4 is 4.74 Å². The summed E-state index contributed by atoms with van der Waals surface area (Å²) in [7, 11) is 0. The van der Waals surface area contributed by atoms with Gasteiger partial charge in [-0.05, 0) is 29.7 Å². The molecule has 11 heteroatoms. The van der Waals surface area contributed by atoms with Crippen LogP contribution in [0.4, 0.5) is 13.2 Å². The number of amides is 2. The summed E-state index contributed by atoms with van der Waals surface area (Å²) in [5.41, 5.74) is 3.13. The number of ketones is 2. The number of benzene rings is 2. The maximum atomic E-state index is 13.0. The van der Waals surface area contributed by atoms with Crippen LogP contribution in [0, 0.1) is 0 Å². The van der Waals surface area contributed by atoms with Gasteiger partial charge >= 0.3 is 12.1 Å². The van der Waals surface area contributed by atoms with Crippen molar-refractivity contribution in [3.8, 4) is 5.75 Å². The van der Waals surface area contributed by atoms with E-state index in [1.54, 1.807) is 23.1 Å². The number of alkyl halides is 3. The Morgan fingerprint density at radius 3 is 2.31 bits per heavy atom. The molecule has 2 aromatic rings. The molecule has 1 unspecified atom stereocenters. The Kier molecular flexibility index (Phi) is 7.44. The zero-order chi connectivity index (χ0) is 27.7. The van der Waals surface area contributed by atoms with Gasteiger partial charge in [-0.1, -0.05) is 30.3 Å². The van der Waals surface area contributed by atoms with Gasteiger partial charge in [0.15, 0.2) is 5.78 Å². The number of carbonyl (C=O) groups is 4. The molecule has 39 heavy (non-hydrogen) atoms. The minimum Gasteiger partial charge on any atom is -0.489 e. The SMILES string of the molecule is O=C1CCC(N2Cc3c(OCc4ccc(CN5CCN(C(=O)C(F)(F)F)CC5)cc4)cccc3C2=O)C(=O)C1. The van der Waals surface area contributed by atoms with Crippen LogP contribution >= 0.6 is 0 Å². The quantitative estimate of drug-likeness (QED) is 0.521.